The molecule has 2 aromatic rings. The number of hydrogen-bond acceptors (Lipinski definition) is 3. The Balaban J connectivity index is 2.32. The van der Waals surface area contributed by atoms with Gasteiger partial charge in [0.15, 0.2) is 0 Å². The number of hydrogen-bond donors (Lipinski definition) is 1. The van der Waals surface area contributed by atoms with E-state index in [1.54, 1.807) is 6.20 Å². The summed E-state index contributed by atoms with van der Waals surface area (Å²) in [6.07, 6.45) is 1.73. The Hall–Kier alpha value is -1.87. The summed E-state index contributed by atoms with van der Waals surface area (Å²) in [6.45, 7) is 10.5. The second kappa shape index (κ2) is 5.86. The van der Waals surface area contributed by atoms with Gasteiger partial charge in [-0.15, -0.1) is 0 Å². The zero-order valence-corrected chi connectivity index (χ0v) is 13.5. The molecule has 112 valence electrons. The smallest absolute Gasteiger partial charge is 0.145 e. The van der Waals surface area contributed by atoms with Crippen molar-refractivity contribution < 1.29 is 4.74 Å². The molecule has 1 aromatic heterocycles. The SMILES string of the molecule is Cc1ccc(C(C)(C)C)c(Oc2ccc(C(C)N)nc2)c1. The van der Waals surface area contributed by atoms with Gasteiger partial charge in [-0.2, -0.15) is 0 Å². The normalized spacial score (nSPS) is 13.0. The van der Waals surface area contributed by atoms with Crippen LogP contribution in [0.15, 0.2) is 36.5 Å². The van der Waals surface area contributed by atoms with E-state index < -0.39 is 0 Å². The molecule has 1 atom stereocenters. The van der Waals surface area contributed by atoms with Crippen molar-refractivity contribution in [1.29, 1.82) is 0 Å². The Morgan fingerprint density at radius 3 is 2.38 bits per heavy atom. The highest BCUT2D eigenvalue weighted by atomic mass is 16.5. The van der Waals surface area contributed by atoms with Crippen LogP contribution in [0.3, 0.4) is 0 Å². The molecule has 21 heavy (non-hydrogen) atoms. The Bertz CT molecular complexity index is 610. The third-order valence-electron chi connectivity index (χ3n) is 3.40. The Morgan fingerprint density at radius 2 is 1.86 bits per heavy atom. The summed E-state index contributed by atoms with van der Waals surface area (Å²) in [7, 11) is 0. The molecule has 0 fully saturated rings. The highest BCUT2D eigenvalue weighted by Crippen LogP contribution is 2.34. The minimum atomic E-state index is -0.0665. The van der Waals surface area contributed by atoms with E-state index in [0.29, 0.717) is 0 Å². The van der Waals surface area contributed by atoms with Gasteiger partial charge in [-0.3, -0.25) is 4.98 Å². The zero-order valence-electron chi connectivity index (χ0n) is 13.5. The molecular formula is C18H24N2O. The Labute approximate surface area is 127 Å². The molecule has 3 heteroatoms. The zero-order chi connectivity index (χ0) is 15.6. The molecule has 0 aliphatic rings. The minimum Gasteiger partial charge on any atom is -0.455 e. The fourth-order valence-electron chi connectivity index (χ4n) is 2.18. The fourth-order valence-corrected chi connectivity index (χ4v) is 2.18. The van der Waals surface area contributed by atoms with Crippen molar-refractivity contribution >= 4 is 0 Å². The molecule has 0 bridgehead atoms. The van der Waals surface area contributed by atoms with Crippen molar-refractivity contribution in [2.24, 2.45) is 5.73 Å². The van der Waals surface area contributed by atoms with Crippen LogP contribution in [0.25, 0.3) is 0 Å². The standard InChI is InChI=1S/C18H24N2O/c1-12-6-8-15(18(3,4)5)17(10-12)21-14-7-9-16(13(2)19)20-11-14/h6-11,13H,19H2,1-5H3. The van der Waals surface area contributed by atoms with Crippen molar-refractivity contribution in [1.82, 2.24) is 4.98 Å². The summed E-state index contributed by atoms with van der Waals surface area (Å²) >= 11 is 0. The van der Waals surface area contributed by atoms with Gasteiger partial charge in [0, 0.05) is 11.6 Å². The molecule has 1 heterocycles. The number of benzene rings is 1. The van der Waals surface area contributed by atoms with E-state index >= 15 is 0 Å². The van der Waals surface area contributed by atoms with Crippen LogP contribution in [0.4, 0.5) is 0 Å². The average Bonchev–Trinajstić information content (AvgIpc) is 2.38. The lowest BCUT2D eigenvalue weighted by Crippen LogP contribution is -2.12. The van der Waals surface area contributed by atoms with Gasteiger partial charge in [-0.25, -0.2) is 0 Å². The van der Waals surface area contributed by atoms with Crippen LogP contribution in [0.2, 0.25) is 0 Å². The van der Waals surface area contributed by atoms with Crippen LogP contribution in [0.5, 0.6) is 11.5 Å². The van der Waals surface area contributed by atoms with Crippen molar-refractivity contribution in [2.75, 3.05) is 0 Å². The predicted octanol–water partition coefficient (Wildman–Crippen LogP) is 4.50. The molecule has 2 N–H and O–H groups in total. The van der Waals surface area contributed by atoms with Crippen molar-refractivity contribution in [3.63, 3.8) is 0 Å². The van der Waals surface area contributed by atoms with Gasteiger partial charge in [0.2, 0.25) is 0 Å². The third-order valence-corrected chi connectivity index (χ3v) is 3.40. The number of nitrogens with zero attached hydrogens (tertiary/aromatic N) is 1. The molecular weight excluding hydrogens is 260 g/mol. The summed E-state index contributed by atoms with van der Waals surface area (Å²) in [5, 5.41) is 0. The summed E-state index contributed by atoms with van der Waals surface area (Å²) in [6, 6.07) is 10.1. The molecule has 1 aromatic carbocycles. The number of aryl methyl sites for hydroxylation is 1. The van der Waals surface area contributed by atoms with Crippen LogP contribution in [-0.4, -0.2) is 4.98 Å². The Kier molecular flexibility index (Phi) is 4.33. The van der Waals surface area contributed by atoms with Crippen molar-refractivity contribution in [2.45, 2.75) is 46.1 Å². The highest BCUT2D eigenvalue weighted by molar-refractivity contribution is 5.43. The molecule has 0 aliphatic carbocycles. The number of pyridine rings is 1. The molecule has 0 saturated heterocycles. The number of rotatable bonds is 3. The number of aromatic nitrogens is 1. The molecule has 0 saturated carbocycles. The van der Waals surface area contributed by atoms with Gasteiger partial charge in [0.05, 0.1) is 11.9 Å². The Morgan fingerprint density at radius 1 is 1.14 bits per heavy atom. The minimum absolute atomic E-state index is 0.0299. The summed E-state index contributed by atoms with van der Waals surface area (Å²) < 4.78 is 6.05. The summed E-state index contributed by atoms with van der Waals surface area (Å²) in [5.74, 6) is 1.62. The molecule has 3 nitrogen and oxygen atoms in total. The second-order valence-corrected chi connectivity index (χ2v) is 6.56. The van der Waals surface area contributed by atoms with E-state index in [1.807, 2.05) is 19.1 Å². The van der Waals surface area contributed by atoms with Crippen LogP contribution in [0.1, 0.15) is 50.6 Å². The van der Waals surface area contributed by atoms with Crippen LogP contribution < -0.4 is 10.5 Å². The van der Waals surface area contributed by atoms with E-state index in [4.69, 9.17) is 10.5 Å². The first-order valence-corrected chi connectivity index (χ1v) is 7.28. The first-order valence-electron chi connectivity index (χ1n) is 7.28. The third kappa shape index (κ3) is 3.82. The molecule has 0 amide bonds. The first-order chi connectivity index (χ1) is 9.77. The lowest BCUT2D eigenvalue weighted by Gasteiger charge is -2.23. The maximum atomic E-state index is 6.05. The van der Waals surface area contributed by atoms with Gasteiger partial charge in [0.1, 0.15) is 11.5 Å². The maximum absolute atomic E-state index is 6.05. The number of nitrogens with two attached hydrogens (primary N) is 1. The first kappa shape index (κ1) is 15.5. The van der Waals surface area contributed by atoms with Gasteiger partial charge in [-0.1, -0.05) is 32.9 Å². The number of ether oxygens (including phenoxy) is 1. The van der Waals surface area contributed by atoms with Crippen LogP contribution in [-0.2, 0) is 5.41 Å². The molecule has 2 rings (SSSR count). The van der Waals surface area contributed by atoms with Gasteiger partial charge in [0.25, 0.3) is 0 Å². The average molecular weight is 284 g/mol. The second-order valence-electron chi connectivity index (χ2n) is 6.56. The van der Waals surface area contributed by atoms with E-state index in [2.05, 4.69) is 50.9 Å². The largest absolute Gasteiger partial charge is 0.455 e. The lowest BCUT2D eigenvalue weighted by atomic mass is 9.86. The van der Waals surface area contributed by atoms with Crippen molar-refractivity contribution in [3.05, 3.63) is 53.3 Å². The highest BCUT2D eigenvalue weighted by Gasteiger charge is 2.19. The molecule has 0 radical (unpaired) electrons. The molecule has 0 spiro atoms. The quantitative estimate of drug-likeness (QED) is 0.902. The van der Waals surface area contributed by atoms with Gasteiger partial charge < -0.3 is 10.5 Å². The maximum Gasteiger partial charge on any atom is 0.145 e. The predicted molar refractivity (Wildman–Crippen MR) is 86.8 cm³/mol. The van der Waals surface area contributed by atoms with E-state index in [0.717, 1.165) is 17.2 Å². The van der Waals surface area contributed by atoms with E-state index in [9.17, 15) is 0 Å². The topological polar surface area (TPSA) is 48.1 Å². The lowest BCUT2D eigenvalue weighted by molar-refractivity contribution is 0.452. The van der Waals surface area contributed by atoms with E-state index in [1.165, 1.54) is 11.1 Å². The fraction of sp³-hybridized carbons (Fsp3) is 0.389. The molecule has 0 aliphatic heterocycles. The van der Waals surface area contributed by atoms with Crippen LogP contribution in [0, 0.1) is 6.92 Å². The van der Waals surface area contributed by atoms with Crippen molar-refractivity contribution in [3.8, 4) is 11.5 Å². The molecule has 1 unspecified atom stereocenters. The summed E-state index contributed by atoms with van der Waals surface area (Å²) in [5.41, 5.74) is 9.07. The van der Waals surface area contributed by atoms with Gasteiger partial charge >= 0.3 is 0 Å². The summed E-state index contributed by atoms with van der Waals surface area (Å²) in [4.78, 5) is 4.34. The monoisotopic (exact) mass is 284 g/mol. The van der Waals surface area contributed by atoms with E-state index in [-0.39, 0.29) is 11.5 Å². The van der Waals surface area contributed by atoms with Gasteiger partial charge in [-0.05, 0) is 43.0 Å². The van der Waals surface area contributed by atoms with Crippen LogP contribution >= 0.6 is 0 Å².